The Morgan fingerprint density at radius 2 is 2.44 bits per heavy atom. The summed E-state index contributed by atoms with van der Waals surface area (Å²) >= 11 is 3.04. The maximum Gasteiger partial charge on any atom is 0.305 e. The molecule has 2 aromatic rings. The fourth-order valence-corrected chi connectivity index (χ4v) is 2.97. The van der Waals surface area contributed by atoms with Crippen molar-refractivity contribution >= 4 is 28.8 Å². The van der Waals surface area contributed by atoms with Crippen molar-refractivity contribution in [3.63, 3.8) is 0 Å². The lowest BCUT2D eigenvalue weighted by atomic mass is 10.1. The summed E-state index contributed by atoms with van der Waals surface area (Å²) in [5.41, 5.74) is 2.16. The van der Waals surface area contributed by atoms with Crippen LogP contribution >= 0.6 is 22.9 Å². The van der Waals surface area contributed by atoms with E-state index in [9.17, 15) is 4.79 Å². The van der Waals surface area contributed by atoms with Gasteiger partial charge in [0.15, 0.2) is 0 Å². The molecule has 0 aromatic carbocycles. The number of carboxylic acid groups (broad SMARTS) is 1. The normalized spacial score (nSPS) is 12.5. The van der Waals surface area contributed by atoms with Gasteiger partial charge in [0.2, 0.25) is 0 Å². The topological polar surface area (TPSA) is 62.2 Å². The quantitative estimate of drug-likeness (QED) is 0.855. The van der Waals surface area contributed by atoms with Gasteiger partial charge in [0, 0.05) is 23.7 Å². The first-order valence-corrected chi connectivity index (χ1v) is 7.26. The molecule has 2 rings (SSSR count). The molecule has 2 N–H and O–H groups in total. The van der Waals surface area contributed by atoms with Gasteiger partial charge in [-0.1, -0.05) is 0 Å². The minimum Gasteiger partial charge on any atom is -0.481 e. The van der Waals surface area contributed by atoms with Crippen LogP contribution in [-0.4, -0.2) is 15.4 Å². The first-order chi connectivity index (χ1) is 8.66. The van der Waals surface area contributed by atoms with E-state index >= 15 is 0 Å². The molecule has 1 unspecified atom stereocenters. The van der Waals surface area contributed by atoms with Gasteiger partial charge in [-0.25, -0.2) is 4.37 Å². The number of aryl methyl sites for hydroxylation is 1. The number of aromatic nitrogens is 1. The first kappa shape index (κ1) is 13.2. The summed E-state index contributed by atoms with van der Waals surface area (Å²) in [4.78, 5) is 12.1. The SMILES string of the molecule is Cc1sncc1CNC(CC(=O)O)c1ccsc1. The van der Waals surface area contributed by atoms with Crippen molar-refractivity contribution in [3.05, 3.63) is 39.0 Å². The van der Waals surface area contributed by atoms with E-state index in [0.29, 0.717) is 6.54 Å². The lowest BCUT2D eigenvalue weighted by molar-refractivity contribution is -0.137. The van der Waals surface area contributed by atoms with Gasteiger partial charge in [0.05, 0.1) is 6.42 Å². The smallest absolute Gasteiger partial charge is 0.305 e. The number of carboxylic acids is 1. The third kappa shape index (κ3) is 3.38. The van der Waals surface area contributed by atoms with Crippen molar-refractivity contribution in [1.82, 2.24) is 9.69 Å². The number of hydrogen-bond donors (Lipinski definition) is 2. The Kier molecular flexibility index (Phi) is 4.46. The Morgan fingerprint density at radius 1 is 1.61 bits per heavy atom. The van der Waals surface area contributed by atoms with E-state index in [1.807, 2.05) is 29.9 Å². The molecule has 0 fully saturated rings. The molecule has 1 atom stereocenters. The summed E-state index contributed by atoms with van der Waals surface area (Å²) in [6.45, 7) is 2.67. The van der Waals surface area contributed by atoms with Gasteiger partial charge < -0.3 is 10.4 Å². The van der Waals surface area contributed by atoms with Gasteiger partial charge in [-0.2, -0.15) is 11.3 Å². The predicted molar refractivity (Wildman–Crippen MR) is 73.0 cm³/mol. The maximum absolute atomic E-state index is 10.9. The summed E-state index contributed by atoms with van der Waals surface area (Å²) in [6.07, 6.45) is 1.92. The van der Waals surface area contributed by atoms with Crippen LogP contribution in [-0.2, 0) is 11.3 Å². The van der Waals surface area contributed by atoms with E-state index in [4.69, 9.17) is 5.11 Å². The standard InChI is InChI=1S/C12H14N2O2S2/c1-8-10(6-14-18-8)5-13-11(4-12(15)16)9-2-3-17-7-9/h2-3,6-7,11,13H,4-5H2,1H3,(H,15,16). The number of thiophene rings is 1. The van der Waals surface area contributed by atoms with Crippen molar-refractivity contribution in [2.75, 3.05) is 0 Å². The van der Waals surface area contributed by atoms with Crippen LogP contribution in [0.3, 0.4) is 0 Å². The van der Waals surface area contributed by atoms with Gasteiger partial charge in [-0.15, -0.1) is 0 Å². The van der Waals surface area contributed by atoms with Crippen molar-refractivity contribution in [1.29, 1.82) is 0 Å². The second kappa shape index (κ2) is 6.08. The molecule has 0 radical (unpaired) electrons. The largest absolute Gasteiger partial charge is 0.481 e. The van der Waals surface area contributed by atoms with Gasteiger partial charge in [0.1, 0.15) is 0 Å². The lowest BCUT2D eigenvalue weighted by Gasteiger charge is -2.15. The third-order valence-corrected chi connectivity index (χ3v) is 4.16. The van der Waals surface area contributed by atoms with E-state index in [0.717, 1.165) is 11.1 Å². The first-order valence-electron chi connectivity index (χ1n) is 5.54. The van der Waals surface area contributed by atoms with Crippen LogP contribution in [0.1, 0.15) is 28.5 Å². The molecule has 0 saturated carbocycles. The highest BCUT2D eigenvalue weighted by Gasteiger charge is 2.16. The Morgan fingerprint density at radius 3 is 3.00 bits per heavy atom. The molecule has 0 bridgehead atoms. The minimum absolute atomic E-state index is 0.0906. The molecule has 0 aliphatic heterocycles. The Hall–Kier alpha value is -1.24. The van der Waals surface area contributed by atoms with E-state index in [1.54, 1.807) is 11.3 Å². The molecule has 0 aliphatic rings. The highest BCUT2D eigenvalue weighted by atomic mass is 32.1. The summed E-state index contributed by atoms with van der Waals surface area (Å²) in [6, 6.07) is 1.82. The fraction of sp³-hybridized carbons (Fsp3) is 0.333. The number of nitrogens with zero attached hydrogens (tertiary/aromatic N) is 1. The molecule has 0 amide bonds. The van der Waals surface area contributed by atoms with Gasteiger partial charge in [-0.05, 0) is 46.4 Å². The van der Waals surface area contributed by atoms with E-state index in [2.05, 4.69) is 9.69 Å². The van der Waals surface area contributed by atoms with Crippen molar-refractivity contribution in [3.8, 4) is 0 Å². The van der Waals surface area contributed by atoms with Gasteiger partial charge >= 0.3 is 5.97 Å². The minimum atomic E-state index is -0.793. The number of rotatable bonds is 6. The van der Waals surface area contributed by atoms with Crippen LogP contribution in [0.4, 0.5) is 0 Å². The van der Waals surface area contributed by atoms with Crippen LogP contribution in [0, 0.1) is 6.92 Å². The van der Waals surface area contributed by atoms with Crippen LogP contribution in [0.5, 0.6) is 0 Å². The monoisotopic (exact) mass is 282 g/mol. The Bertz CT molecular complexity index is 508. The summed E-state index contributed by atoms with van der Waals surface area (Å²) in [7, 11) is 0. The fourth-order valence-electron chi connectivity index (χ4n) is 1.68. The average Bonchev–Trinajstić information content (AvgIpc) is 2.95. The number of carbonyl (C=O) groups is 1. The summed E-state index contributed by atoms with van der Waals surface area (Å²) in [5.74, 6) is -0.793. The van der Waals surface area contributed by atoms with Gasteiger partial charge in [0.25, 0.3) is 0 Å². The molecular formula is C12H14N2O2S2. The second-order valence-electron chi connectivity index (χ2n) is 4.00. The summed E-state index contributed by atoms with van der Waals surface area (Å²) in [5, 5.41) is 16.2. The van der Waals surface area contributed by atoms with Crippen LogP contribution in [0.2, 0.25) is 0 Å². The molecular weight excluding hydrogens is 268 g/mol. The van der Waals surface area contributed by atoms with E-state index in [1.165, 1.54) is 16.4 Å². The van der Waals surface area contributed by atoms with Crippen LogP contribution < -0.4 is 5.32 Å². The van der Waals surface area contributed by atoms with Crippen molar-refractivity contribution in [2.24, 2.45) is 0 Å². The molecule has 0 aliphatic carbocycles. The molecule has 0 spiro atoms. The number of nitrogens with one attached hydrogen (secondary N) is 1. The van der Waals surface area contributed by atoms with Crippen LogP contribution in [0.25, 0.3) is 0 Å². The Balaban J connectivity index is 2.02. The zero-order valence-electron chi connectivity index (χ0n) is 9.92. The molecule has 18 heavy (non-hydrogen) atoms. The Labute approximate surface area is 113 Å². The van der Waals surface area contributed by atoms with E-state index < -0.39 is 5.97 Å². The highest BCUT2D eigenvalue weighted by Crippen LogP contribution is 2.21. The molecule has 0 saturated heterocycles. The molecule has 2 aromatic heterocycles. The van der Waals surface area contributed by atoms with Crippen molar-refractivity contribution in [2.45, 2.75) is 25.9 Å². The molecule has 6 heteroatoms. The van der Waals surface area contributed by atoms with E-state index in [-0.39, 0.29) is 12.5 Å². The second-order valence-corrected chi connectivity index (χ2v) is 5.78. The number of aliphatic carboxylic acids is 1. The summed E-state index contributed by atoms with van der Waals surface area (Å²) < 4.78 is 4.11. The van der Waals surface area contributed by atoms with Crippen LogP contribution in [0.15, 0.2) is 23.0 Å². The zero-order chi connectivity index (χ0) is 13.0. The highest BCUT2D eigenvalue weighted by molar-refractivity contribution is 7.08. The molecule has 2 heterocycles. The predicted octanol–water partition coefficient (Wildman–Crippen LogP) is 2.82. The lowest BCUT2D eigenvalue weighted by Crippen LogP contribution is -2.23. The number of hydrogen-bond acceptors (Lipinski definition) is 5. The van der Waals surface area contributed by atoms with Gasteiger partial charge in [-0.3, -0.25) is 4.79 Å². The third-order valence-electron chi connectivity index (χ3n) is 2.71. The molecule has 96 valence electrons. The average molecular weight is 282 g/mol. The maximum atomic E-state index is 10.9. The zero-order valence-corrected chi connectivity index (χ0v) is 11.6. The van der Waals surface area contributed by atoms with Crippen molar-refractivity contribution < 1.29 is 9.90 Å². The molecule has 4 nitrogen and oxygen atoms in total.